The van der Waals surface area contributed by atoms with Gasteiger partial charge in [-0.3, -0.25) is 0 Å². The van der Waals surface area contributed by atoms with Crippen molar-refractivity contribution in [3.05, 3.63) is 46.7 Å². The molecule has 0 bridgehead atoms. The summed E-state index contributed by atoms with van der Waals surface area (Å²) in [5.41, 5.74) is 2.57. The van der Waals surface area contributed by atoms with E-state index in [1.54, 1.807) is 18.4 Å². The molecule has 0 N–H and O–H groups in total. The zero-order chi connectivity index (χ0) is 11.4. The molecule has 1 heterocycles. The van der Waals surface area contributed by atoms with E-state index in [0.29, 0.717) is 0 Å². The highest BCUT2D eigenvalue weighted by molar-refractivity contribution is 7.10. The minimum Gasteiger partial charge on any atom is -0.302 e. The first kappa shape index (κ1) is 17.4. The van der Waals surface area contributed by atoms with E-state index in [1.807, 2.05) is 18.2 Å². The first-order valence-electron chi connectivity index (χ1n) is 5.18. The van der Waals surface area contributed by atoms with Gasteiger partial charge in [-0.25, -0.2) is 0 Å². The van der Waals surface area contributed by atoms with Gasteiger partial charge in [0.2, 0.25) is 0 Å². The van der Waals surface area contributed by atoms with Crippen molar-refractivity contribution in [2.45, 2.75) is 6.54 Å². The fourth-order valence-corrected chi connectivity index (χ4v) is 2.54. The molecule has 0 aliphatic heterocycles. The summed E-state index contributed by atoms with van der Waals surface area (Å²) in [5.74, 6) is 0. The summed E-state index contributed by atoms with van der Waals surface area (Å²) in [6.45, 7) is 0.818. The molecule has 5 heteroatoms. The van der Waals surface area contributed by atoms with Gasteiger partial charge in [-0.1, -0.05) is 30.3 Å². The van der Waals surface area contributed by atoms with Gasteiger partial charge in [-0.15, -0.1) is 36.2 Å². The topological polar surface area (TPSA) is 12.5 Å². The van der Waals surface area contributed by atoms with Gasteiger partial charge in [-0.05, 0) is 22.6 Å². The lowest BCUT2D eigenvalue weighted by Crippen LogP contribution is -2.15. The van der Waals surface area contributed by atoms with Crippen molar-refractivity contribution in [1.82, 2.24) is 5.06 Å². The molecule has 0 radical (unpaired) electrons. The average Bonchev–Trinajstić information content (AvgIpc) is 2.78. The molecule has 100 valence electrons. The summed E-state index contributed by atoms with van der Waals surface area (Å²) in [5, 5.41) is 3.96. The fraction of sp³-hybridized carbons (Fsp3) is 0.231. The predicted octanol–water partition coefficient (Wildman–Crippen LogP) is 4.25. The van der Waals surface area contributed by atoms with Crippen LogP contribution in [0.25, 0.3) is 11.1 Å². The van der Waals surface area contributed by atoms with Gasteiger partial charge in [0.25, 0.3) is 0 Å². The first-order chi connectivity index (χ1) is 7.81. The Morgan fingerprint density at radius 2 is 1.78 bits per heavy atom. The monoisotopic (exact) mass is 305 g/mol. The Kier molecular flexibility index (Phi) is 8.24. The number of hydrogen-bond acceptors (Lipinski definition) is 3. The van der Waals surface area contributed by atoms with Crippen LogP contribution < -0.4 is 0 Å². The molecular formula is C13H17Cl2NOS. The van der Waals surface area contributed by atoms with Gasteiger partial charge < -0.3 is 4.84 Å². The van der Waals surface area contributed by atoms with Gasteiger partial charge in [0, 0.05) is 11.9 Å². The number of thiophene rings is 1. The van der Waals surface area contributed by atoms with Crippen LogP contribution in [0.4, 0.5) is 0 Å². The Morgan fingerprint density at radius 1 is 1.11 bits per heavy atom. The highest BCUT2D eigenvalue weighted by Crippen LogP contribution is 2.28. The van der Waals surface area contributed by atoms with E-state index in [0.717, 1.165) is 6.54 Å². The molecule has 1 aromatic carbocycles. The molecule has 18 heavy (non-hydrogen) atoms. The molecule has 0 unspecified atom stereocenters. The van der Waals surface area contributed by atoms with Crippen LogP contribution in [0.1, 0.15) is 4.88 Å². The zero-order valence-electron chi connectivity index (χ0n) is 10.3. The van der Waals surface area contributed by atoms with E-state index in [4.69, 9.17) is 4.84 Å². The van der Waals surface area contributed by atoms with Gasteiger partial charge in [-0.2, -0.15) is 5.06 Å². The first-order valence-corrected chi connectivity index (χ1v) is 6.06. The maximum absolute atomic E-state index is 5.15. The standard InChI is InChI=1S/C13H15NOS.2ClH/c1-14(15-2)10-13-12(8-9-16-13)11-6-4-3-5-7-11;;/h3-9H,10H2,1-2H3;2*1H. The van der Waals surface area contributed by atoms with E-state index >= 15 is 0 Å². The molecule has 0 atom stereocenters. The average molecular weight is 306 g/mol. The van der Waals surface area contributed by atoms with E-state index in [9.17, 15) is 0 Å². The van der Waals surface area contributed by atoms with Crippen molar-refractivity contribution in [2.75, 3.05) is 14.2 Å². The number of hydrogen-bond donors (Lipinski definition) is 0. The van der Waals surface area contributed by atoms with Crippen molar-refractivity contribution in [3.8, 4) is 11.1 Å². The van der Waals surface area contributed by atoms with E-state index in [2.05, 4.69) is 35.7 Å². The molecule has 2 aromatic rings. The molecule has 0 amide bonds. The summed E-state index contributed by atoms with van der Waals surface area (Å²) < 4.78 is 0. The van der Waals surface area contributed by atoms with Crippen LogP contribution >= 0.6 is 36.2 Å². The quantitative estimate of drug-likeness (QED) is 0.783. The molecule has 0 saturated heterocycles. The van der Waals surface area contributed by atoms with Crippen LogP contribution in [0.5, 0.6) is 0 Å². The second-order valence-electron chi connectivity index (χ2n) is 3.59. The summed E-state index contributed by atoms with van der Waals surface area (Å²) in [7, 11) is 3.63. The maximum Gasteiger partial charge on any atom is 0.0588 e. The Bertz CT molecular complexity index is 447. The van der Waals surface area contributed by atoms with Crippen molar-refractivity contribution in [2.24, 2.45) is 0 Å². The smallest absolute Gasteiger partial charge is 0.0588 e. The van der Waals surface area contributed by atoms with E-state index in [-0.39, 0.29) is 24.8 Å². The Hall–Kier alpha value is -0.580. The third-order valence-corrected chi connectivity index (χ3v) is 3.41. The fourth-order valence-electron chi connectivity index (χ4n) is 1.60. The molecule has 0 aliphatic rings. The minimum absolute atomic E-state index is 0. The molecule has 0 fully saturated rings. The molecule has 0 spiro atoms. The van der Waals surface area contributed by atoms with Crippen LogP contribution in [0.15, 0.2) is 41.8 Å². The maximum atomic E-state index is 5.15. The lowest BCUT2D eigenvalue weighted by atomic mass is 10.1. The molecule has 2 nitrogen and oxygen atoms in total. The predicted molar refractivity (Wildman–Crippen MR) is 82.7 cm³/mol. The zero-order valence-corrected chi connectivity index (χ0v) is 12.8. The number of benzene rings is 1. The molecule has 0 aliphatic carbocycles. The van der Waals surface area contributed by atoms with E-state index in [1.165, 1.54) is 16.0 Å². The van der Waals surface area contributed by atoms with E-state index < -0.39 is 0 Å². The van der Waals surface area contributed by atoms with Gasteiger partial charge in [0.15, 0.2) is 0 Å². The van der Waals surface area contributed by atoms with Crippen molar-refractivity contribution in [1.29, 1.82) is 0 Å². The number of nitrogens with zero attached hydrogens (tertiary/aromatic N) is 1. The van der Waals surface area contributed by atoms with Gasteiger partial charge in [0.1, 0.15) is 0 Å². The highest BCUT2D eigenvalue weighted by Gasteiger charge is 2.08. The van der Waals surface area contributed by atoms with Crippen LogP contribution in [0.2, 0.25) is 0 Å². The summed E-state index contributed by atoms with van der Waals surface area (Å²) >= 11 is 1.77. The molecular weight excluding hydrogens is 289 g/mol. The Morgan fingerprint density at radius 3 is 2.39 bits per heavy atom. The molecule has 0 saturated carbocycles. The molecule has 2 rings (SSSR count). The summed E-state index contributed by atoms with van der Waals surface area (Å²) in [6.07, 6.45) is 0. The lowest BCUT2D eigenvalue weighted by molar-refractivity contribution is -0.115. The number of rotatable bonds is 4. The van der Waals surface area contributed by atoms with Crippen LogP contribution in [-0.2, 0) is 11.4 Å². The third-order valence-electron chi connectivity index (χ3n) is 2.51. The summed E-state index contributed by atoms with van der Waals surface area (Å²) in [4.78, 5) is 6.48. The Balaban J connectivity index is 0.00000144. The summed E-state index contributed by atoms with van der Waals surface area (Å²) in [6, 6.07) is 12.6. The second-order valence-corrected chi connectivity index (χ2v) is 4.59. The van der Waals surface area contributed by atoms with Crippen molar-refractivity contribution < 1.29 is 4.84 Å². The number of halogens is 2. The lowest BCUT2D eigenvalue weighted by Gasteiger charge is -2.13. The van der Waals surface area contributed by atoms with Crippen LogP contribution in [0, 0.1) is 0 Å². The SMILES string of the molecule is CON(C)Cc1sccc1-c1ccccc1.Cl.Cl. The molecule has 1 aromatic heterocycles. The second kappa shape index (κ2) is 8.51. The van der Waals surface area contributed by atoms with Crippen molar-refractivity contribution >= 4 is 36.2 Å². The van der Waals surface area contributed by atoms with Crippen LogP contribution in [-0.4, -0.2) is 19.2 Å². The normalized spacial score (nSPS) is 9.72. The minimum atomic E-state index is 0. The highest BCUT2D eigenvalue weighted by atomic mass is 35.5. The Labute approximate surface area is 124 Å². The van der Waals surface area contributed by atoms with Crippen molar-refractivity contribution in [3.63, 3.8) is 0 Å². The van der Waals surface area contributed by atoms with Crippen LogP contribution in [0.3, 0.4) is 0 Å². The third kappa shape index (κ3) is 4.26. The van der Waals surface area contributed by atoms with Gasteiger partial charge in [0.05, 0.1) is 13.7 Å². The number of hydroxylamine groups is 2. The van der Waals surface area contributed by atoms with Gasteiger partial charge >= 0.3 is 0 Å². The largest absolute Gasteiger partial charge is 0.302 e.